The van der Waals surface area contributed by atoms with E-state index in [1.54, 1.807) is 6.20 Å². The summed E-state index contributed by atoms with van der Waals surface area (Å²) in [6.45, 7) is 0. The van der Waals surface area contributed by atoms with Gasteiger partial charge in [0.05, 0.1) is 17.3 Å². The first kappa shape index (κ1) is 6.78. The molecule has 0 aliphatic heterocycles. The number of pyridine rings is 1. The maximum absolute atomic E-state index is 10.5. The molecule has 2 aromatic rings. The largest absolute Gasteiger partial charge is 0.478 e. The van der Waals surface area contributed by atoms with E-state index >= 15 is 0 Å². The van der Waals surface area contributed by atoms with Crippen LogP contribution >= 0.6 is 0 Å². The van der Waals surface area contributed by atoms with E-state index in [1.165, 1.54) is 22.8 Å². The first-order valence-electron chi connectivity index (χ1n) is 3.31. The van der Waals surface area contributed by atoms with Crippen molar-refractivity contribution in [1.82, 2.24) is 14.8 Å². The van der Waals surface area contributed by atoms with E-state index in [0.29, 0.717) is 5.52 Å². The molecule has 0 aromatic carbocycles. The molecule has 2 aromatic heterocycles. The average Bonchev–Trinajstić information content (AvgIpc) is 2.49. The van der Waals surface area contributed by atoms with Crippen LogP contribution in [0.5, 0.6) is 0 Å². The van der Waals surface area contributed by atoms with Gasteiger partial charge in [0.25, 0.3) is 0 Å². The summed E-state index contributed by atoms with van der Waals surface area (Å²) in [5.41, 5.74) is 0.916. The molecule has 12 heavy (non-hydrogen) atoms. The van der Waals surface area contributed by atoms with Crippen LogP contribution in [0.3, 0.4) is 0 Å². The monoisotopic (exact) mass is 163 g/mol. The lowest BCUT2D eigenvalue weighted by molar-refractivity contribution is 0.0697. The molecule has 0 aliphatic rings. The number of hydrogen-bond acceptors (Lipinski definition) is 3. The number of carbonyl (C=O) groups is 1. The van der Waals surface area contributed by atoms with E-state index in [2.05, 4.69) is 10.3 Å². The zero-order chi connectivity index (χ0) is 8.55. The molecule has 0 saturated carbocycles. The average molecular weight is 163 g/mol. The lowest BCUT2D eigenvalue weighted by Crippen LogP contribution is -1.97. The Morgan fingerprint density at radius 3 is 3.17 bits per heavy atom. The summed E-state index contributed by atoms with van der Waals surface area (Å²) in [5.74, 6) is -0.946. The highest BCUT2D eigenvalue weighted by molar-refractivity contribution is 5.88. The maximum atomic E-state index is 10.5. The van der Waals surface area contributed by atoms with Crippen molar-refractivity contribution >= 4 is 11.5 Å². The summed E-state index contributed by atoms with van der Waals surface area (Å²) >= 11 is 0. The summed E-state index contributed by atoms with van der Waals surface area (Å²) < 4.78 is 1.51. The van der Waals surface area contributed by atoms with E-state index < -0.39 is 5.97 Å². The Kier molecular flexibility index (Phi) is 1.30. The van der Waals surface area contributed by atoms with E-state index in [4.69, 9.17) is 5.11 Å². The van der Waals surface area contributed by atoms with Crippen molar-refractivity contribution in [3.63, 3.8) is 0 Å². The van der Waals surface area contributed by atoms with Gasteiger partial charge in [0, 0.05) is 6.20 Å². The van der Waals surface area contributed by atoms with Crippen LogP contribution in [0.1, 0.15) is 10.4 Å². The fourth-order valence-electron chi connectivity index (χ4n) is 0.962. The van der Waals surface area contributed by atoms with Crippen LogP contribution in [0.4, 0.5) is 0 Å². The first-order chi connectivity index (χ1) is 5.77. The Bertz CT molecular complexity index is 435. The second kappa shape index (κ2) is 2.30. The van der Waals surface area contributed by atoms with Crippen molar-refractivity contribution in [3.05, 3.63) is 30.1 Å². The van der Waals surface area contributed by atoms with E-state index in [0.717, 1.165) is 0 Å². The highest BCUT2D eigenvalue weighted by Gasteiger charge is 2.03. The van der Waals surface area contributed by atoms with Gasteiger partial charge in [-0.1, -0.05) is 5.21 Å². The van der Waals surface area contributed by atoms with Crippen molar-refractivity contribution in [2.75, 3.05) is 0 Å². The fourth-order valence-corrected chi connectivity index (χ4v) is 0.962. The molecule has 0 saturated heterocycles. The Labute approximate surface area is 67.2 Å². The molecule has 0 unspecified atom stereocenters. The minimum atomic E-state index is -0.946. The van der Waals surface area contributed by atoms with Crippen LogP contribution in [0.15, 0.2) is 24.5 Å². The molecule has 0 fully saturated rings. The maximum Gasteiger partial charge on any atom is 0.335 e. The van der Waals surface area contributed by atoms with Gasteiger partial charge in [-0.25, -0.2) is 9.31 Å². The molecule has 0 amide bonds. The SMILES string of the molecule is O=C(O)c1ccn2nncc2c1. The quantitative estimate of drug-likeness (QED) is 0.661. The minimum absolute atomic E-state index is 0.241. The summed E-state index contributed by atoms with van der Waals surface area (Å²) in [7, 11) is 0. The van der Waals surface area contributed by atoms with Gasteiger partial charge in [-0.3, -0.25) is 0 Å². The molecule has 5 heteroatoms. The zero-order valence-corrected chi connectivity index (χ0v) is 6.01. The molecule has 60 valence electrons. The molecule has 5 nitrogen and oxygen atoms in total. The molecule has 0 aliphatic carbocycles. The third-order valence-corrected chi connectivity index (χ3v) is 1.55. The van der Waals surface area contributed by atoms with Crippen LogP contribution in [0.2, 0.25) is 0 Å². The van der Waals surface area contributed by atoms with Gasteiger partial charge in [-0.15, -0.1) is 5.10 Å². The normalized spacial score (nSPS) is 10.3. The van der Waals surface area contributed by atoms with Crippen LogP contribution in [-0.4, -0.2) is 25.9 Å². The molecule has 0 radical (unpaired) electrons. The number of carboxylic acid groups (broad SMARTS) is 1. The molecule has 1 N–H and O–H groups in total. The lowest BCUT2D eigenvalue weighted by Gasteiger charge is -1.93. The molecular formula is C7H5N3O2. The Balaban J connectivity index is 2.68. The van der Waals surface area contributed by atoms with Crippen molar-refractivity contribution in [2.24, 2.45) is 0 Å². The highest BCUT2D eigenvalue weighted by Crippen LogP contribution is 2.04. The second-order valence-corrected chi connectivity index (χ2v) is 2.32. The molecule has 2 rings (SSSR count). The van der Waals surface area contributed by atoms with Gasteiger partial charge in [0.15, 0.2) is 0 Å². The molecule has 0 spiro atoms. The fraction of sp³-hybridized carbons (Fsp3) is 0. The van der Waals surface area contributed by atoms with E-state index in [-0.39, 0.29) is 5.56 Å². The second-order valence-electron chi connectivity index (χ2n) is 2.32. The van der Waals surface area contributed by atoms with Crippen LogP contribution < -0.4 is 0 Å². The van der Waals surface area contributed by atoms with Crippen LogP contribution in [0, 0.1) is 0 Å². The van der Waals surface area contributed by atoms with E-state index in [9.17, 15) is 4.79 Å². The van der Waals surface area contributed by atoms with Crippen LogP contribution in [0.25, 0.3) is 5.52 Å². The predicted octanol–water partition coefficient (Wildman–Crippen LogP) is 0.427. The number of carboxylic acids is 1. The number of aromatic carboxylic acids is 1. The molecular weight excluding hydrogens is 158 g/mol. The number of aromatic nitrogens is 3. The minimum Gasteiger partial charge on any atom is -0.478 e. The third kappa shape index (κ3) is 0.914. The lowest BCUT2D eigenvalue weighted by atomic mass is 10.2. The number of hydrogen-bond donors (Lipinski definition) is 1. The standard InChI is InChI=1S/C7H5N3O2/c11-7(12)5-1-2-10-6(3-5)4-8-9-10/h1-4H,(H,11,12). The van der Waals surface area contributed by atoms with Crippen molar-refractivity contribution < 1.29 is 9.90 Å². The first-order valence-corrected chi connectivity index (χ1v) is 3.31. The summed E-state index contributed by atoms with van der Waals surface area (Å²) in [6, 6.07) is 2.99. The molecule has 2 heterocycles. The molecule has 0 atom stereocenters. The summed E-state index contributed by atoms with van der Waals surface area (Å²) in [4.78, 5) is 10.5. The molecule has 0 bridgehead atoms. The predicted molar refractivity (Wildman–Crippen MR) is 39.9 cm³/mol. The van der Waals surface area contributed by atoms with Crippen molar-refractivity contribution in [1.29, 1.82) is 0 Å². The van der Waals surface area contributed by atoms with Gasteiger partial charge in [-0.05, 0) is 12.1 Å². The van der Waals surface area contributed by atoms with Crippen LogP contribution in [-0.2, 0) is 0 Å². The van der Waals surface area contributed by atoms with Gasteiger partial charge in [0.1, 0.15) is 0 Å². The van der Waals surface area contributed by atoms with Gasteiger partial charge in [0.2, 0.25) is 0 Å². The van der Waals surface area contributed by atoms with Gasteiger partial charge < -0.3 is 5.11 Å². The smallest absolute Gasteiger partial charge is 0.335 e. The third-order valence-electron chi connectivity index (χ3n) is 1.55. The van der Waals surface area contributed by atoms with Gasteiger partial charge >= 0.3 is 5.97 Å². The summed E-state index contributed by atoms with van der Waals surface area (Å²) in [6.07, 6.45) is 3.07. The van der Waals surface area contributed by atoms with Crippen molar-refractivity contribution in [2.45, 2.75) is 0 Å². The number of nitrogens with zero attached hydrogens (tertiary/aromatic N) is 3. The van der Waals surface area contributed by atoms with Gasteiger partial charge in [-0.2, -0.15) is 0 Å². The Morgan fingerprint density at radius 2 is 2.42 bits per heavy atom. The zero-order valence-electron chi connectivity index (χ0n) is 6.01. The Morgan fingerprint density at radius 1 is 1.58 bits per heavy atom. The number of fused-ring (bicyclic) bond motifs is 1. The number of rotatable bonds is 1. The van der Waals surface area contributed by atoms with Crippen molar-refractivity contribution in [3.8, 4) is 0 Å². The topological polar surface area (TPSA) is 67.5 Å². The Hall–Kier alpha value is -1.91. The van der Waals surface area contributed by atoms with E-state index in [1.807, 2.05) is 0 Å². The highest BCUT2D eigenvalue weighted by atomic mass is 16.4. The summed E-state index contributed by atoms with van der Waals surface area (Å²) in [5, 5.41) is 15.9.